The molecule has 1 aliphatic carbocycles. The van der Waals surface area contributed by atoms with Gasteiger partial charge >= 0.3 is 5.97 Å². The molecular weight excluding hydrogens is 508 g/mol. The van der Waals surface area contributed by atoms with Crippen LogP contribution in [-0.2, 0) is 33.9 Å². The van der Waals surface area contributed by atoms with Crippen LogP contribution in [0, 0.1) is 0 Å². The van der Waals surface area contributed by atoms with Crippen LogP contribution in [-0.4, -0.2) is 47.1 Å². The molecule has 0 radical (unpaired) electrons. The van der Waals surface area contributed by atoms with E-state index >= 15 is 0 Å². The minimum absolute atomic E-state index is 0.00958. The first kappa shape index (κ1) is 26.6. The minimum Gasteiger partial charge on any atom is -0.493 e. The molecule has 1 heterocycles. The molecule has 7 nitrogen and oxygen atoms in total. The molecule has 0 saturated heterocycles. The van der Waals surface area contributed by atoms with Crippen LogP contribution in [0.25, 0.3) is 0 Å². The van der Waals surface area contributed by atoms with Crippen molar-refractivity contribution in [3.63, 3.8) is 0 Å². The van der Waals surface area contributed by atoms with E-state index in [1.54, 1.807) is 42.5 Å². The number of carbonyl (C=O) groups is 2. The predicted octanol–water partition coefficient (Wildman–Crippen LogP) is 5.17. The Labute approximate surface area is 224 Å². The molecule has 5 rings (SSSR count). The average molecular weight is 538 g/mol. The van der Waals surface area contributed by atoms with Crippen molar-refractivity contribution in [3.05, 3.63) is 95.1 Å². The van der Waals surface area contributed by atoms with Crippen molar-refractivity contribution in [2.45, 2.75) is 56.6 Å². The molecule has 1 saturated carbocycles. The second-order valence-corrected chi connectivity index (χ2v) is 9.85. The maximum absolute atomic E-state index is 13.9. The van der Waals surface area contributed by atoms with Gasteiger partial charge in [0, 0.05) is 31.4 Å². The first-order chi connectivity index (χ1) is 18.8. The molecule has 39 heavy (non-hydrogen) atoms. The number of hydrogen-bond donors (Lipinski definition) is 1. The normalized spacial score (nSPS) is 18.9. The molecule has 1 aliphatic heterocycles. The highest BCUT2D eigenvalue weighted by atomic mass is 19.3. The summed E-state index contributed by atoms with van der Waals surface area (Å²) in [4.78, 5) is 27.6. The standard InChI is InChI=1S/C30H29F2NO6/c1-37-25-13-12-21-17-33(24(29(35)36)14-23(21)27(25)38-18-19-8-4-2-5-9-19)28(34)26(20-10-6-3-7-11-20)39-22-15-30(31,32)16-22/h2-13,22,24,26H,14-18H2,1H3,(H,35,36)/t24?,26-/m1/s1. The minimum atomic E-state index is -2.82. The van der Waals surface area contributed by atoms with E-state index < -0.39 is 48.9 Å². The summed E-state index contributed by atoms with van der Waals surface area (Å²) in [5, 5.41) is 10.2. The third-order valence-electron chi connectivity index (χ3n) is 7.16. The van der Waals surface area contributed by atoms with E-state index in [1.807, 2.05) is 30.3 Å². The van der Waals surface area contributed by atoms with E-state index in [0.717, 1.165) is 5.56 Å². The Morgan fingerprint density at radius 2 is 1.69 bits per heavy atom. The molecule has 1 amide bonds. The first-order valence-corrected chi connectivity index (χ1v) is 12.7. The lowest BCUT2D eigenvalue weighted by molar-refractivity contribution is -0.193. The van der Waals surface area contributed by atoms with E-state index in [4.69, 9.17) is 14.2 Å². The van der Waals surface area contributed by atoms with Gasteiger partial charge in [0.25, 0.3) is 11.8 Å². The number of carboxylic acids is 1. The number of rotatable bonds is 9. The Morgan fingerprint density at radius 1 is 1.03 bits per heavy atom. The lowest BCUT2D eigenvalue weighted by Crippen LogP contribution is -2.51. The molecule has 9 heteroatoms. The number of alkyl halides is 2. The number of halogens is 2. The molecule has 2 aliphatic rings. The van der Waals surface area contributed by atoms with E-state index in [2.05, 4.69) is 0 Å². The molecule has 1 fully saturated rings. The van der Waals surface area contributed by atoms with Crippen LogP contribution in [0.15, 0.2) is 72.8 Å². The van der Waals surface area contributed by atoms with Gasteiger partial charge in [0.05, 0.1) is 13.2 Å². The fourth-order valence-electron chi connectivity index (χ4n) is 5.07. The van der Waals surface area contributed by atoms with Crippen LogP contribution < -0.4 is 9.47 Å². The van der Waals surface area contributed by atoms with Crippen molar-refractivity contribution >= 4 is 11.9 Å². The van der Waals surface area contributed by atoms with Gasteiger partial charge in [-0.3, -0.25) is 4.79 Å². The largest absolute Gasteiger partial charge is 0.493 e. The summed E-state index contributed by atoms with van der Waals surface area (Å²) in [6.07, 6.45) is -2.96. The number of fused-ring (bicyclic) bond motifs is 1. The number of carbonyl (C=O) groups excluding carboxylic acids is 1. The molecular formula is C30H29F2NO6. The Hall–Kier alpha value is -3.98. The fourth-order valence-corrected chi connectivity index (χ4v) is 5.07. The highest BCUT2D eigenvalue weighted by molar-refractivity contribution is 5.88. The highest BCUT2D eigenvalue weighted by Gasteiger charge is 2.49. The molecule has 1 unspecified atom stereocenters. The van der Waals surface area contributed by atoms with E-state index in [9.17, 15) is 23.5 Å². The van der Waals surface area contributed by atoms with Crippen molar-refractivity contribution in [2.24, 2.45) is 0 Å². The van der Waals surface area contributed by atoms with Crippen LogP contribution in [0.5, 0.6) is 11.5 Å². The molecule has 3 aromatic carbocycles. The molecule has 0 bridgehead atoms. The fraction of sp³-hybridized carbons (Fsp3) is 0.333. The Balaban J connectivity index is 1.45. The lowest BCUT2D eigenvalue weighted by Gasteiger charge is -2.40. The van der Waals surface area contributed by atoms with E-state index in [1.165, 1.54) is 12.0 Å². The Morgan fingerprint density at radius 3 is 2.31 bits per heavy atom. The van der Waals surface area contributed by atoms with Crippen molar-refractivity contribution in [2.75, 3.05) is 7.11 Å². The van der Waals surface area contributed by atoms with Gasteiger partial charge < -0.3 is 24.2 Å². The third-order valence-corrected chi connectivity index (χ3v) is 7.16. The van der Waals surface area contributed by atoms with Crippen LogP contribution >= 0.6 is 0 Å². The Kier molecular flexibility index (Phi) is 7.52. The highest BCUT2D eigenvalue weighted by Crippen LogP contribution is 2.43. The van der Waals surface area contributed by atoms with Crippen molar-refractivity contribution in [1.29, 1.82) is 0 Å². The smallest absolute Gasteiger partial charge is 0.326 e. The van der Waals surface area contributed by atoms with Gasteiger partial charge in [-0.25, -0.2) is 13.6 Å². The Bertz CT molecular complexity index is 1330. The SMILES string of the molecule is COc1ccc2c(c1OCc1ccccc1)CC(C(=O)O)N(C(=O)[C@H](OC1CC(F)(F)C1)c1ccccc1)C2. The zero-order chi connectivity index (χ0) is 27.6. The second-order valence-electron chi connectivity index (χ2n) is 9.85. The topological polar surface area (TPSA) is 85.3 Å². The molecule has 1 N–H and O–H groups in total. The summed E-state index contributed by atoms with van der Waals surface area (Å²) in [5.74, 6) is -3.70. The first-order valence-electron chi connectivity index (χ1n) is 12.7. The van der Waals surface area contributed by atoms with Crippen LogP contribution in [0.3, 0.4) is 0 Å². The third kappa shape index (κ3) is 5.73. The van der Waals surface area contributed by atoms with Gasteiger partial charge in [0.2, 0.25) is 0 Å². The van der Waals surface area contributed by atoms with Gasteiger partial charge in [-0.1, -0.05) is 66.7 Å². The maximum atomic E-state index is 13.9. The van der Waals surface area contributed by atoms with Crippen molar-refractivity contribution in [1.82, 2.24) is 4.90 Å². The van der Waals surface area contributed by atoms with Gasteiger partial charge in [-0.15, -0.1) is 0 Å². The van der Waals surface area contributed by atoms with Crippen LogP contribution in [0.1, 0.15) is 41.2 Å². The summed E-state index contributed by atoms with van der Waals surface area (Å²) in [5.41, 5.74) is 2.78. The number of benzene rings is 3. The zero-order valence-corrected chi connectivity index (χ0v) is 21.4. The summed E-state index contributed by atoms with van der Waals surface area (Å²) < 4.78 is 44.6. The number of methoxy groups -OCH3 is 1. The van der Waals surface area contributed by atoms with Gasteiger partial charge in [0.15, 0.2) is 17.6 Å². The number of aliphatic carboxylic acids is 1. The van der Waals surface area contributed by atoms with E-state index in [0.29, 0.717) is 28.2 Å². The summed E-state index contributed by atoms with van der Waals surface area (Å²) >= 11 is 0. The number of ether oxygens (including phenoxy) is 3. The molecule has 0 spiro atoms. The number of amides is 1. The molecule has 2 atom stereocenters. The number of nitrogens with zero attached hydrogens (tertiary/aromatic N) is 1. The van der Waals surface area contributed by atoms with E-state index in [-0.39, 0.29) is 19.6 Å². The summed E-state index contributed by atoms with van der Waals surface area (Å²) in [6.45, 7) is 0.244. The van der Waals surface area contributed by atoms with Crippen LogP contribution in [0.2, 0.25) is 0 Å². The summed E-state index contributed by atoms with van der Waals surface area (Å²) in [7, 11) is 1.51. The predicted molar refractivity (Wildman–Crippen MR) is 138 cm³/mol. The second kappa shape index (κ2) is 11.0. The molecule has 204 valence electrons. The summed E-state index contributed by atoms with van der Waals surface area (Å²) in [6, 6.07) is 20.4. The zero-order valence-electron chi connectivity index (χ0n) is 21.4. The van der Waals surface area contributed by atoms with Gasteiger partial charge in [-0.2, -0.15) is 0 Å². The van der Waals surface area contributed by atoms with Gasteiger partial charge in [0.1, 0.15) is 12.6 Å². The van der Waals surface area contributed by atoms with Gasteiger partial charge in [-0.05, 0) is 22.8 Å². The monoisotopic (exact) mass is 537 g/mol. The molecule has 3 aromatic rings. The molecule has 0 aromatic heterocycles. The number of hydrogen-bond acceptors (Lipinski definition) is 5. The quantitative estimate of drug-likeness (QED) is 0.406. The maximum Gasteiger partial charge on any atom is 0.326 e. The lowest BCUT2D eigenvalue weighted by atomic mass is 9.90. The number of carboxylic acid groups (broad SMARTS) is 1. The van der Waals surface area contributed by atoms with Crippen molar-refractivity contribution in [3.8, 4) is 11.5 Å². The average Bonchev–Trinajstić information content (AvgIpc) is 2.93. The van der Waals surface area contributed by atoms with Crippen LogP contribution in [0.4, 0.5) is 8.78 Å². The van der Waals surface area contributed by atoms with Crippen molar-refractivity contribution < 1.29 is 37.7 Å².